The summed E-state index contributed by atoms with van der Waals surface area (Å²) in [6.45, 7) is 3.64. The van der Waals surface area contributed by atoms with Crippen LogP contribution in [0, 0.1) is 0 Å². The van der Waals surface area contributed by atoms with Crippen LogP contribution in [0.3, 0.4) is 0 Å². The van der Waals surface area contributed by atoms with Gasteiger partial charge in [-0.3, -0.25) is 14.7 Å². The third-order valence-electron chi connectivity index (χ3n) is 4.30. The molecular formula is C18H21N3O3S. The molecule has 132 valence electrons. The largest absolute Gasteiger partial charge is 0.336 e. The van der Waals surface area contributed by atoms with E-state index in [0.29, 0.717) is 18.7 Å². The maximum Gasteiger partial charge on any atom is 0.253 e. The first kappa shape index (κ1) is 17.6. The van der Waals surface area contributed by atoms with Gasteiger partial charge in [0.1, 0.15) is 0 Å². The van der Waals surface area contributed by atoms with E-state index in [1.165, 1.54) is 12.1 Å². The average Bonchev–Trinajstić information content (AvgIpc) is 2.62. The predicted molar refractivity (Wildman–Crippen MR) is 95.0 cm³/mol. The van der Waals surface area contributed by atoms with Gasteiger partial charge >= 0.3 is 0 Å². The van der Waals surface area contributed by atoms with Gasteiger partial charge in [0, 0.05) is 56.9 Å². The van der Waals surface area contributed by atoms with Crippen molar-refractivity contribution in [2.24, 2.45) is 0 Å². The molecule has 1 aromatic heterocycles. The van der Waals surface area contributed by atoms with E-state index >= 15 is 0 Å². The van der Waals surface area contributed by atoms with E-state index in [-0.39, 0.29) is 10.8 Å². The third kappa shape index (κ3) is 4.43. The first-order chi connectivity index (χ1) is 11.9. The number of hydrogen-bond donors (Lipinski definition) is 0. The van der Waals surface area contributed by atoms with E-state index in [0.717, 1.165) is 31.5 Å². The zero-order chi connectivity index (χ0) is 17.9. The van der Waals surface area contributed by atoms with Gasteiger partial charge in [0.2, 0.25) is 0 Å². The molecule has 3 rings (SSSR count). The highest BCUT2D eigenvalue weighted by atomic mass is 32.2. The second-order valence-electron chi connectivity index (χ2n) is 6.23. The lowest BCUT2D eigenvalue weighted by Gasteiger charge is -2.34. The number of nitrogens with zero attached hydrogens (tertiary/aromatic N) is 3. The zero-order valence-corrected chi connectivity index (χ0v) is 14.9. The van der Waals surface area contributed by atoms with Crippen molar-refractivity contribution < 1.29 is 13.2 Å². The summed E-state index contributed by atoms with van der Waals surface area (Å²) in [5, 5.41) is 0. The van der Waals surface area contributed by atoms with Gasteiger partial charge in [0.15, 0.2) is 9.84 Å². The molecule has 0 saturated carbocycles. The lowest BCUT2D eigenvalue weighted by molar-refractivity contribution is 0.0628. The van der Waals surface area contributed by atoms with E-state index in [2.05, 4.69) is 9.88 Å². The van der Waals surface area contributed by atoms with Crippen LogP contribution in [-0.2, 0) is 16.4 Å². The number of aromatic nitrogens is 1. The molecule has 2 heterocycles. The van der Waals surface area contributed by atoms with Gasteiger partial charge in [-0.25, -0.2) is 8.42 Å². The Balaban J connectivity index is 1.62. The van der Waals surface area contributed by atoms with Crippen LogP contribution in [0.25, 0.3) is 0 Å². The number of pyridine rings is 1. The summed E-state index contributed by atoms with van der Waals surface area (Å²) >= 11 is 0. The van der Waals surface area contributed by atoms with Crippen LogP contribution >= 0.6 is 0 Å². The number of sulfone groups is 1. The van der Waals surface area contributed by atoms with Crippen LogP contribution in [0.5, 0.6) is 0 Å². The first-order valence-corrected chi connectivity index (χ1v) is 10.0. The van der Waals surface area contributed by atoms with Crippen LogP contribution < -0.4 is 0 Å². The Morgan fingerprint density at radius 2 is 1.88 bits per heavy atom. The predicted octanol–water partition coefficient (Wildman–Crippen LogP) is 1.44. The molecule has 1 amide bonds. The number of piperazine rings is 1. The molecule has 0 aliphatic carbocycles. The summed E-state index contributed by atoms with van der Waals surface area (Å²) in [5.74, 6) is -0.119. The highest BCUT2D eigenvalue weighted by Crippen LogP contribution is 2.15. The van der Waals surface area contributed by atoms with E-state index in [4.69, 9.17) is 0 Å². The second-order valence-corrected chi connectivity index (χ2v) is 8.25. The SMILES string of the molecule is CS(=O)(=O)c1cccc(C(=O)N2CCN(Cc3cccnc3)CC2)c1. The standard InChI is InChI=1S/C18H21N3O3S/c1-25(23,24)17-6-2-5-16(12-17)18(22)21-10-8-20(9-11-21)14-15-4-3-7-19-13-15/h2-7,12-13H,8-11,14H2,1H3. The van der Waals surface area contributed by atoms with E-state index in [1.807, 2.05) is 18.3 Å². The number of carbonyl (C=O) groups excluding carboxylic acids is 1. The molecule has 2 aromatic rings. The lowest BCUT2D eigenvalue weighted by Crippen LogP contribution is -2.48. The van der Waals surface area contributed by atoms with E-state index in [1.54, 1.807) is 23.2 Å². The summed E-state index contributed by atoms with van der Waals surface area (Å²) in [7, 11) is -3.32. The molecule has 0 N–H and O–H groups in total. The molecule has 0 spiro atoms. The molecule has 0 bridgehead atoms. The Morgan fingerprint density at radius 3 is 2.52 bits per heavy atom. The van der Waals surface area contributed by atoms with E-state index in [9.17, 15) is 13.2 Å². The minimum Gasteiger partial charge on any atom is -0.336 e. The monoisotopic (exact) mass is 359 g/mol. The Kier molecular flexibility index (Phi) is 5.15. The van der Waals surface area contributed by atoms with Crippen molar-refractivity contribution >= 4 is 15.7 Å². The number of hydrogen-bond acceptors (Lipinski definition) is 5. The molecule has 1 aromatic carbocycles. The van der Waals surface area contributed by atoms with Crippen molar-refractivity contribution in [1.29, 1.82) is 0 Å². The summed E-state index contributed by atoms with van der Waals surface area (Å²) in [6.07, 6.45) is 4.76. The normalized spacial score (nSPS) is 16.0. The Labute approximate surface area is 148 Å². The quantitative estimate of drug-likeness (QED) is 0.826. The van der Waals surface area contributed by atoms with Gasteiger partial charge in [-0.15, -0.1) is 0 Å². The van der Waals surface area contributed by atoms with Crippen molar-refractivity contribution in [3.05, 3.63) is 59.9 Å². The van der Waals surface area contributed by atoms with Crippen LogP contribution in [0.1, 0.15) is 15.9 Å². The van der Waals surface area contributed by atoms with Crippen LogP contribution in [0.4, 0.5) is 0 Å². The fraction of sp³-hybridized carbons (Fsp3) is 0.333. The third-order valence-corrected chi connectivity index (χ3v) is 5.41. The van der Waals surface area contributed by atoms with Crippen molar-refractivity contribution in [1.82, 2.24) is 14.8 Å². The molecule has 1 aliphatic heterocycles. The number of benzene rings is 1. The summed E-state index contributed by atoms with van der Waals surface area (Å²) in [5.41, 5.74) is 1.58. The fourth-order valence-corrected chi connectivity index (χ4v) is 3.57. The number of rotatable bonds is 4. The Bertz CT molecular complexity index is 845. The summed E-state index contributed by atoms with van der Waals surface area (Å²) < 4.78 is 23.3. The first-order valence-electron chi connectivity index (χ1n) is 8.14. The number of amides is 1. The van der Waals surface area contributed by atoms with Gasteiger partial charge in [0.05, 0.1) is 4.90 Å². The van der Waals surface area contributed by atoms with Crippen molar-refractivity contribution in [2.45, 2.75) is 11.4 Å². The summed E-state index contributed by atoms with van der Waals surface area (Å²) in [4.78, 5) is 21.0. The molecule has 1 saturated heterocycles. The minimum atomic E-state index is -3.32. The van der Waals surface area contributed by atoms with Gasteiger partial charge in [0.25, 0.3) is 5.91 Å². The minimum absolute atomic E-state index is 0.119. The Morgan fingerprint density at radius 1 is 1.12 bits per heavy atom. The van der Waals surface area contributed by atoms with Crippen LogP contribution in [0.15, 0.2) is 53.7 Å². The highest BCUT2D eigenvalue weighted by Gasteiger charge is 2.23. The van der Waals surface area contributed by atoms with Gasteiger partial charge in [-0.1, -0.05) is 12.1 Å². The number of carbonyl (C=O) groups is 1. The zero-order valence-electron chi connectivity index (χ0n) is 14.1. The molecule has 6 nitrogen and oxygen atoms in total. The lowest BCUT2D eigenvalue weighted by atomic mass is 10.1. The average molecular weight is 359 g/mol. The maximum absolute atomic E-state index is 12.6. The molecule has 0 atom stereocenters. The smallest absolute Gasteiger partial charge is 0.253 e. The second kappa shape index (κ2) is 7.33. The van der Waals surface area contributed by atoms with Gasteiger partial charge in [-0.2, -0.15) is 0 Å². The van der Waals surface area contributed by atoms with Crippen LogP contribution in [-0.4, -0.2) is 61.5 Å². The molecule has 0 unspecified atom stereocenters. The highest BCUT2D eigenvalue weighted by molar-refractivity contribution is 7.90. The Hall–Kier alpha value is -2.25. The van der Waals surface area contributed by atoms with Crippen molar-refractivity contribution in [3.8, 4) is 0 Å². The maximum atomic E-state index is 12.6. The molecule has 1 fully saturated rings. The summed E-state index contributed by atoms with van der Waals surface area (Å²) in [6, 6.07) is 10.2. The molecule has 0 radical (unpaired) electrons. The molecule has 7 heteroatoms. The molecular weight excluding hydrogens is 338 g/mol. The van der Waals surface area contributed by atoms with Gasteiger partial charge < -0.3 is 4.90 Å². The van der Waals surface area contributed by atoms with Crippen molar-refractivity contribution in [3.63, 3.8) is 0 Å². The van der Waals surface area contributed by atoms with E-state index < -0.39 is 9.84 Å². The topological polar surface area (TPSA) is 70.6 Å². The molecule has 25 heavy (non-hydrogen) atoms. The van der Waals surface area contributed by atoms with Crippen LogP contribution in [0.2, 0.25) is 0 Å². The fourth-order valence-electron chi connectivity index (χ4n) is 2.90. The van der Waals surface area contributed by atoms with Gasteiger partial charge in [-0.05, 0) is 29.8 Å². The van der Waals surface area contributed by atoms with Crippen molar-refractivity contribution in [2.75, 3.05) is 32.4 Å². The molecule has 1 aliphatic rings.